The average Bonchev–Trinajstić information content (AvgIpc) is 2.21. The molecule has 15 heavy (non-hydrogen) atoms. The maximum Gasteiger partial charge on any atom is 0.372 e. The molecule has 0 radical (unpaired) electrons. The van der Waals surface area contributed by atoms with Gasteiger partial charge in [-0.25, -0.2) is 4.79 Å². The molecule has 0 aromatic rings. The molecule has 0 atom stereocenters. The number of Topliss-reactive ketones (excluding diaryl/α,β-unsaturated/α-hetero) is 1. The van der Waals surface area contributed by atoms with E-state index < -0.39 is 11.8 Å². The van der Waals surface area contributed by atoms with Crippen LogP contribution in [0, 0.1) is 0 Å². The Morgan fingerprint density at radius 3 is 1.80 bits per heavy atom. The fourth-order valence-electron chi connectivity index (χ4n) is 1.53. The van der Waals surface area contributed by atoms with Crippen LogP contribution in [-0.2, 0) is 9.59 Å². The molecule has 0 aliphatic heterocycles. The van der Waals surface area contributed by atoms with Crippen molar-refractivity contribution in [2.45, 2.75) is 64.7 Å². The quantitative estimate of drug-likeness (QED) is 0.449. The highest BCUT2D eigenvalue weighted by Crippen LogP contribution is 2.09. The summed E-state index contributed by atoms with van der Waals surface area (Å²) >= 11 is 0. The molecule has 0 rings (SSSR count). The number of hydrogen-bond acceptors (Lipinski definition) is 2. The summed E-state index contributed by atoms with van der Waals surface area (Å²) in [5, 5.41) is 8.33. The van der Waals surface area contributed by atoms with Gasteiger partial charge in [-0.1, -0.05) is 51.9 Å². The molecule has 0 heterocycles. The largest absolute Gasteiger partial charge is 0.476 e. The second-order valence-electron chi connectivity index (χ2n) is 3.95. The number of carbonyl (C=O) groups is 2. The van der Waals surface area contributed by atoms with E-state index >= 15 is 0 Å². The van der Waals surface area contributed by atoms with Gasteiger partial charge in [-0.3, -0.25) is 4.79 Å². The minimum absolute atomic E-state index is 0.199. The number of carboxylic acid groups (broad SMARTS) is 1. The molecule has 0 aliphatic carbocycles. The van der Waals surface area contributed by atoms with Crippen LogP contribution in [0.2, 0.25) is 0 Å². The summed E-state index contributed by atoms with van der Waals surface area (Å²) in [6.45, 7) is 2.19. The standard InChI is InChI=1S/C12H22O3/c1-2-3-4-5-6-7-8-9-10-11(13)12(14)15/h2-10H2,1H3,(H,14,15). The number of hydrogen-bond donors (Lipinski definition) is 1. The Kier molecular flexibility index (Phi) is 9.13. The smallest absolute Gasteiger partial charge is 0.372 e. The van der Waals surface area contributed by atoms with Gasteiger partial charge in [0.05, 0.1) is 0 Å². The molecule has 1 N–H and O–H groups in total. The van der Waals surface area contributed by atoms with Gasteiger partial charge in [0.25, 0.3) is 0 Å². The van der Waals surface area contributed by atoms with Crippen molar-refractivity contribution in [3.05, 3.63) is 0 Å². The number of rotatable bonds is 10. The molecule has 0 fully saturated rings. The van der Waals surface area contributed by atoms with Crippen molar-refractivity contribution < 1.29 is 14.7 Å². The molecule has 0 saturated heterocycles. The van der Waals surface area contributed by atoms with Crippen molar-refractivity contribution in [3.8, 4) is 0 Å². The predicted octanol–water partition coefficient (Wildman–Crippen LogP) is 3.17. The first kappa shape index (κ1) is 14.1. The third-order valence-electron chi connectivity index (χ3n) is 2.50. The second kappa shape index (κ2) is 9.69. The third kappa shape index (κ3) is 9.44. The molecule has 0 unspecified atom stereocenters. The lowest BCUT2D eigenvalue weighted by Crippen LogP contribution is -2.11. The van der Waals surface area contributed by atoms with E-state index in [1.54, 1.807) is 0 Å². The van der Waals surface area contributed by atoms with E-state index in [4.69, 9.17) is 5.11 Å². The van der Waals surface area contributed by atoms with Crippen molar-refractivity contribution in [1.82, 2.24) is 0 Å². The lowest BCUT2D eigenvalue weighted by Gasteiger charge is -2.00. The average molecular weight is 214 g/mol. The van der Waals surface area contributed by atoms with E-state index in [0.29, 0.717) is 0 Å². The van der Waals surface area contributed by atoms with Crippen LogP contribution in [0.15, 0.2) is 0 Å². The lowest BCUT2D eigenvalue weighted by atomic mass is 10.1. The van der Waals surface area contributed by atoms with E-state index in [9.17, 15) is 9.59 Å². The summed E-state index contributed by atoms with van der Waals surface area (Å²) in [7, 11) is 0. The first-order valence-electron chi connectivity index (χ1n) is 5.94. The Morgan fingerprint density at radius 2 is 1.33 bits per heavy atom. The van der Waals surface area contributed by atoms with Crippen LogP contribution in [-0.4, -0.2) is 16.9 Å². The molecule has 0 aliphatic rings. The second-order valence-corrected chi connectivity index (χ2v) is 3.95. The fraction of sp³-hybridized carbons (Fsp3) is 0.833. The first-order chi connectivity index (χ1) is 7.18. The zero-order valence-corrected chi connectivity index (χ0v) is 9.63. The number of carboxylic acids is 1. The zero-order chi connectivity index (χ0) is 11.5. The number of carbonyl (C=O) groups excluding carboxylic acids is 1. The predicted molar refractivity (Wildman–Crippen MR) is 59.9 cm³/mol. The van der Waals surface area contributed by atoms with Gasteiger partial charge in [-0.2, -0.15) is 0 Å². The normalized spacial score (nSPS) is 10.2. The maximum atomic E-state index is 10.7. The molecule has 0 bridgehead atoms. The van der Waals surface area contributed by atoms with Gasteiger partial charge < -0.3 is 5.11 Å². The molecular weight excluding hydrogens is 192 g/mol. The number of ketones is 1. The highest BCUT2D eigenvalue weighted by molar-refractivity contribution is 6.32. The van der Waals surface area contributed by atoms with Crippen LogP contribution in [0.4, 0.5) is 0 Å². The minimum atomic E-state index is -1.29. The van der Waals surface area contributed by atoms with Crippen molar-refractivity contribution in [1.29, 1.82) is 0 Å². The van der Waals surface area contributed by atoms with Crippen LogP contribution in [0.3, 0.4) is 0 Å². The van der Waals surface area contributed by atoms with Crippen LogP contribution in [0.25, 0.3) is 0 Å². The Morgan fingerprint density at radius 1 is 0.867 bits per heavy atom. The van der Waals surface area contributed by atoms with Crippen molar-refractivity contribution >= 4 is 11.8 Å². The molecule has 0 amide bonds. The van der Waals surface area contributed by atoms with Crippen LogP contribution >= 0.6 is 0 Å². The summed E-state index contributed by atoms with van der Waals surface area (Å²) in [5.74, 6) is -1.95. The van der Waals surface area contributed by atoms with Gasteiger partial charge in [0.1, 0.15) is 0 Å². The van der Waals surface area contributed by atoms with Gasteiger partial charge in [0, 0.05) is 6.42 Å². The molecule has 0 spiro atoms. The lowest BCUT2D eigenvalue weighted by molar-refractivity contribution is -0.149. The van der Waals surface area contributed by atoms with Crippen LogP contribution < -0.4 is 0 Å². The Bertz CT molecular complexity index is 187. The Balaban J connectivity index is 3.11. The molecule has 88 valence electrons. The number of unbranched alkanes of at least 4 members (excludes halogenated alkanes) is 7. The molecule has 0 saturated carbocycles. The van der Waals surface area contributed by atoms with Gasteiger partial charge in [-0.05, 0) is 6.42 Å². The molecule has 0 aromatic carbocycles. The van der Waals surface area contributed by atoms with E-state index in [1.165, 1.54) is 32.1 Å². The van der Waals surface area contributed by atoms with E-state index in [1.807, 2.05) is 0 Å². The fourth-order valence-corrected chi connectivity index (χ4v) is 1.53. The molecular formula is C12H22O3. The van der Waals surface area contributed by atoms with Crippen LogP contribution in [0.5, 0.6) is 0 Å². The molecule has 3 nitrogen and oxygen atoms in total. The van der Waals surface area contributed by atoms with Crippen molar-refractivity contribution in [3.63, 3.8) is 0 Å². The number of aliphatic carboxylic acids is 1. The summed E-state index contributed by atoms with van der Waals surface area (Å²) < 4.78 is 0. The van der Waals surface area contributed by atoms with E-state index in [0.717, 1.165) is 19.3 Å². The highest BCUT2D eigenvalue weighted by Gasteiger charge is 2.09. The highest BCUT2D eigenvalue weighted by atomic mass is 16.4. The SMILES string of the molecule is CCCCCCCCCCC(=O)C(=O)O. The van der Waals surface area contributed by atoms with Crippen molar-refractivity contribution in [2.24, 2.45) is 0 Å². The van der Waals surface area contributed by atoms with Gasteiger partial charge in [0.2, 0.25) is 5.78 Å². The molecule has 0 aromatic heterocycles. The maximum absolute atomic E-state index is 10.7. The van der Waals surface area contributed by atoms with Crippen molar-refractivity contribution in [2.75, 3.05) is 0 Å². The summed E-state index contributed by atoms with van der Waals surface area (Å²) in [6, 6.07) is 0. The van der Waals surface area contributed by atoms with Gasteiger partial charge in [-0.15, -0.1) is 0 Å². The van der Waals surface area contributed by atoms with E-state index in [-0.39, 0.29) is 6.42 Å². The minimum Gasteiger partial charge on any atom is -0.476 e. The zero-order valence-electron chi connectivity index (χ0n) is 9.63. The first-order valence-corrected chi connectivity index (χ1v) is 5.94. The Hall–Kier alpha value is -0.860. The summed E-state index contributed by atoms with van der Waals surface area (Å²) in [5.41, 5.74) is 0. The third-order valence-corrected chi connectivity index (χ3v) is 2.50. The van der Waals surface area contributed by atoms with Gasteiger partial charge >= 0.3 is 5.97 Å². The van der Waals surface area contributed by atoms with Gasteiger partial charge in [0.15, 0.2) is 0 Å². The monoisotopic (exact) mass is 214 g/mol. The Labute approximate surface area is 91.9 Å². The van der Waals surface area contributed by atoms with E-state index in [2.05, 4.69) is 6.92 Å². The van der Waals surface area contributed by atoms with Crippen LogP contribution in [0.1, 0.15) is 64.7 Å². The summed E-state index contributed by atoms with van der Waals surface area (Å²) in [6.07, 6.45) is 9.35. The summed E-state index contributed by atoms with van der Waals surface area (Å²) in [4.78, 5) is 20.9. The molecule has 3 heteroatoms. The topological polar surface area (TPSA) is 54.4 Å².